The molecule has 26 heavy (non-hydrogen) atoms. The van der Waals surface area contributed by atoms with E-state index in [4.69, 9.17) is 9.93 Å². The molecule has 3 aromatic rings. The predicted octanol–water partition coefficient (Wildman–Crippen LogP) is 4.89. The van der Waals surface area contributed by atoms with Crippen molar-refractivity contribution >= 4 is 12.0 Å². The van der Waals surface area contributed by atoms with Gasteiger partial charge in [-0.1, -0.05) is 54.9 Å². The number of ketones is 1. The normalized spacial score (nSPS) is 12.3. The molecule has 1 N–H and O–H groups in total. The average molecular weight is 344 g/mol. The maximum Gasteiger partial charge on any atom is 0.203 e. The average Bonchev–Trinajstić information content (AvgIpc) is 3.12. The van der Waals surface area contributed by atoms with Gasteiger partial charge in [0.2, 0.25) is 5.78 Å². The van der Waals surface area contributed by atoms with Crippen LogP contribution in [0.5, 0.6) is 0 Å². The van der Waals surface area contributed by atoms with Crippen LogP contribution in [0.2, 0.25) is 0 Å². The summed E-state index contributed by atoms with van der Waals surface area (Å²) in [6.45, 7) is 2.18. The number of Topliss-reactive ketones (excluding diaryl/α,β-unsaturated/α-hetero) is 1. The van der Waals surface area contributed by atoms with E-state index in [1.54, 1.807) is 6.07 Å². The smallest absolute Gasteiger partial charge is 0.203 e. The lowest BCUT2D eigenvalue weighted by Gasteiger charge is -2.16. The van der Waals surface area contributed by atoms with Crippen LogP contribution >= 0.6 is 0 Å². The van der Waals surface area contributed by atoms with E-state index in [1.807, 2.05) is 12.1 Å². The predicted molar refractivity (Wildman–Crippen MR) is 102 cm³/mol. The van der Waals surface area contributed by atoms with Gasteiger partial charge >= 0.3 is 0 Å². The van der Waals surface area contributed by atoms with Crippen LogP contribution in [-0.4, -0.2) is 17.2 Å². The van der Waals surface area contributed by atoms with Crippen molar-refractivity contribution < 1.29 is 9.32 Å². The van der Waals surface area contributed by atoms with E-state index in [1.165, 1.54) is 5.56 Å². The van der Waals surface area contributed by atoms with Crippen molar-refractivity contribution in [2.24, 2.45) is 0 Å². The molecule has 0 bridgehead atoms. The van der Waals surface area contributed by atoms with Crippen LogP contribution in [0.4, 0.5) is 0 Å². The SMILES string of the molecule is CCCc1ccc(-c2onc3c2CCc2cc(C(=O)C=N)ccc2-3)cc1. The summed E-state index contributed by atoms with van der Waals surface area (Å²) in [6, 6.07) is 14.1. The topological polar surface area (TPSA) is 67.0 Å². The molecular formula is C22H20N2O2. The molecule has 4 heteroatoms. The van der Waals surface area contributed by atoms with E-state index in [9.17, 15) is 4.79 Å². The van der Waals surface area contributed by atoms with E-state index >= 15 is 0 Å². The molecule has 0 spiro atoms. The molecule has 0 radical (unpaired) electrons. The molecule has 0 fully saturated rings. The van der Waals surface area contributed by atoms with E-state index in [0.29, 0.717) is 5.56 Å². The summed E-state index contributed by atoms with van der Waals surface area (Å²) in [5.41, 5.74) is 7.04. The summed E-state index contributed by atoms with van der Waals surface area (Å²) in [4.78, 5) is 11.7. The molecular weight excluding hydrogens is 324 g/mol. The van der Waals surface area contributed by atoms with Gasteiger partial charge in [-0.15, -0.1) is 0 Å². The number of hydrogen-bond acceptors (Lipinski definition) is 4. The molecule has 2 aromatic carbocycles. The van der Waals surface area contributed by atoms with Gasteiger partial charge in [0.25, 0.3) is 0 Å². The minimum atomic E-state index is -0.272. The second kappa shape index (κ2) is 6.71. The molecule has 0 amide bonds. The number of aromatic nitrogens is 1. The van der Waals surface area contributed by atoms with Gasteiger partial charge < -0.3 is 9.93 Å². The first-order valence-electron chi connectivity index (χ1n) is 8.97. The number of rotatable bonds is 5. The molecule has 130 valence electrons. The number of nitrogens with one attached hydrogen (secondary N) is 1. The summed E-state index contributed by atoms with van der Waals surface area (Å²) >= 11 is 0. The highest BCUT2D eigenvalue weighted by Gasteiger charge is 2.25. The highest BCUT2D eigenvalue weighted by Crippen LogP contribution is 2.38. The Morgan fingerprint density at radius 2 is 2.00 bits per heavy atom. The largest absolute Gasteiger partial charge is 0.355 e. The molecule has 4 rings (SSSR count). The van der Waals surface area contributed by atoms with E-state index in [0.717, 1.165) is 65.6 Å². The van der Waals surface area contributed by atoms with Gasteiger partial charge in [0, 0.05) is 22.3 Å². The lowest BCUT2D eigenvalue weighted by molar-refractivity contribution is 0.107. The highest BCUT2D eigenvalue weighted by molar-refractivity contribution is 6.34. The summed E-state index contributed by atoms with van der Waals surface area (Å²) in [6.07, 6.45) is 4.74. The first-order chi connectivity index (χ1) is 12.7. The van der Waals surface area contributed by atoms with Crippen molar-refractivity contribution in [3.05, 3.63) is 64.7 Å². The Hall–Kier alpha value is -3.01. The van der Waals surface area contributed by atoms with Crippen molar-refractivity contribution in [2.75, 3.05) is 0 Å². The Balaban J connectivity index is 1.71. The first kappa shape index (κ1) is 16.5. The summed E-state index contributed by atoms with van der Waals surface area (Å²) in [5, 5.41) is 11.5. The molecule has 1 aliphatic carbocycles. The number of carbonyl (C=O) groups is 1. The first-order valence-corrected chi connectivity index (χ1v) is 8.97. The van der Waals surface area contributed by atoms with Gasteiger partial charge in [-0.3, -0.25) is 4.79 Å². The number of nitrogens with zero attached hydrogens (tertiary/aromatic N) is 1. The third kappa shape index (κ3) is 2.77. The lowest BCUT2D eigenvalue weighted by atomic mass is 9.86. The molecule has 0 atom stereocenters. The summed E-state index contributed by atoms with van der Waals surface area (Å²) in [5.74, 6) is 0.569. The Bertz CT molecular complexity index is 984. The molecule has 1 heterocycles. The summed E-state index contributed by atoms with van der Waals surface area (Å²) < 4.78 is 5.71. The minimum Gasteiger partial charge on any atom is -0.355 e. The zero-order chi connectivity index (χ0) is 18.1. The molecule has 1 aliphatic rings. The highest BCUT2D eigenvalue weighted by atomic mass is 16.5. The van der Waals surface area contributed by atoms with Crippen molar-refractivity contribution in [1.82, 2.24) is 5.16 Å². The van der Waals surface area contributed by atoms with Gasteiger partial charge in [0.1, 0.15) is 5.69 Å². The van der Waals surface area contributed by atoms with Crippen LogP contribution < -0.4 is 0 Å². The van der Waals surface area contributed by atoms with Crippen LogP contribution in [0.25, 0.3) is 22.6 Å². The standard InChI is InChI=1S/C22H20N2O2/c1-2-3-14-4-6-15(7-5-14)22-19-11-8-16-12-17(20(25)13-23)9-10-18(16)21(19)24-26-22/h4-7,9-10,12-13,23H,2-3,8,11H2,1H3. The second-order valence-corrected chi connectivity index (χ2v) is 6.67. The van der Waals surface area contributed by atoms with Crippen molar-refractivity contribution in [2.45, 2.75) is 32.6 Å². The van der Waals surface area contributed by atoms with E-state index < -0.39 is 0 Å². The Labute approximate surface area is 152 Å². The number of hydrogen-bond donors (Lipinski definition) is 1. The molecule has 4 nitrogen and oxygen atoms in total. The van der Waals surface area contributed by atoms with Crippen LogP contribution in [0.3, 0.4) is 0 Å². The van der Waals surface area contributed by atoms with Gasteiger partial charge in [-0.25, -0.2) is 0 Å². The van der Waals surface area contributed by atoms with Gasteiger partial charge in [0.15, 0.2) is 5.76 Å². The number of fused-ring (bicyclic) bond motifs is 3. The molecule has 1 aromatic heterocycles. The van der Waals surface area contributed by atoms with Crippen molar-refractivity contribution in [3.8, 4) is 22.6 Å². The fraction of sp³-hybridized carbons (Fsp3) is 0.227. The van der Waals surface area contributed by atoms with Crippen molar-refractivity contribution in [1.29, 1.82) is 5.41 Å². The Morgan fingerprint density at radius 1 is 1.19 bits per heavy atom. The van der Waals surface area contributed by atoms with Crippen LogP contribution in [0.15, 0.2) is 47.0 Å². The third-order valence-corrected chi connectivity index (χ3v) is 4.96. The zero-order valence-electron chi connectivity index (χ0n) is 14.7. The number of carbonyl (C=O) groups excluding carboxylic acids is 1. The monoisotopic (exact) mass is 344 g/mol. The Morgan fingerprint density at radius 3 is 2.73 bits per heavy atom. The van der Waals surface area contributed by atoms with Gasteiger partial charge in [-0.05, 0) is 36.5 Å². The van der Waals surface area contributed by atoms with Crippen LogP contribution in [0.1, 0.15) is 40.4 Å². The maximum atomic E-state index is 11.7. The molecule has 0 saturated carbocycles. The number of aryl methyl sites for hydroxylation is 2. The fourth-order valence-corrected chi connectivity index (χ4v) is 3.62. The van der Waals surface area contributed by atoms with E-state index in [2.05, 4.69) is 36.3 Å². The van der Waals surface area contributed by atoms with Crippen LogP contribution in [-0.2, 0) is 19.3 Å². The molecule has 0 saturated heterocycles. The van der Waals surface area contributed by atoms with Gasteiger partial charge in [-0.2, -0.15) is 0 Å². The van der Waals surface area contributed by atoms with Gasteiger partial charge in [0.05, 0.1) is 6.21 Å². The lowest BCUT2D eigenvalue weighted by Crippen LogP contribution is -2.07. The van der Waals surface area contributed by atoms with E-state index in [-0.39, 0.29) is 5.78 Å². The summed E-state index contributed by atoms with van der Waals surface area (Å²) in [7, 11) is 0. The zero-order valence-corrected chi connectivity index (χ0v) is 14.7. The number of benzene rings is 2. The van der Waals surface area contributed by atoms with Crippen molar-refractivity contribution in [3.63, 3.8) is 0 Å². The van der Waals surface area contributed by atoms with Crippen LogP contribution in [0, 0.1) is 5.41 Å². The molecule has 0 unspecified atom stereocenters. The quantitative estimate of drug-likeness (QED) is 0.529. The third-order valence-electron chi connectivity index (χ3n) is 4.96. The minimum absolute atomic E-state index is 0.272. The maximum absolute atomic E-state index is 11.7. The fourth-order valence-electron chi connectivity index (χ4n) is 3.62. The second-order valence-electron chi connectivity index (χ2n) is 6.67. The molecule has 0 aliphatic heterocycles. The Kier molecular flexibility index (Phi) is 4.25.